The molecule has 0 saturated heterocycles. The van der Waals surface area contributed by atoms with E-state index in [0.717, 1.165) is 12.8 Å². The summed E-state index contributed by atoms with van der Waals surface area (Å²) in [6, 6.07) is 6.26. The molecule has 0 fully saturated rings. The molecule has 19 heavy (non-hydrogen) atoms. The lowest BCUT2D eigenvalue weighted by Gasteiger charge is -2.05. The van der Waals surface area contributed by atoms with Gasteiger partial charge in [-0.05, 0) is 19.4 Å². The van der Waals surface area contributed by atoms with Crippen molar-refractivity contribution in [3.63, 3.8) is 0 Å². The SMILES string of the molecule is Cl.NCCCCNC(=O)Cc1ccccc1[N+](=O)[O-]. The van der Waals surface area contributed by atoms with Crippen LogP contribution in [0.25, 0.3) is 0 Å². The van der Waals surface area contributed by atoms with Gasteiger partial charge in [-0.15, -0.1) is 12.4 Å². The number of carbonyl (C=O) groups excluding carboxylic acids is 1. The van der Waals surface area contributed by atoms with Crippen molar-refractivity contribution in [3.05, 3.63) is 39.9 Å². The number of unbranched alkanes of at least 4 members (excludes halogenated alkanes) is 1. The smallest absolute Gasteiger partial charge is 0.273 e. The van der Waals surface area contributed by atoms with Gasteiger partial charge < -0.3 is 11.1 Å². The minimum absolute atomic E-state index is 0. The van der Waals surface area contributed by atoms with Gasteiger partial charge in [0.2, 0.25) is 5.91 Å². The van der Waals surface area contributed by atoms with E-state index in [0.29, 0.717) is 18.7 Å². The number of nitro groups is 1. The summed E-state index contributed by atoms with van der Waals surface area (Å²) in [6.07, 6.45) is 1.70. The largest absolute Gasteiger partial charge is 0.356 e. The van der Waals surface area contributed by atoms with E-state index >= 15 is 0 Å². The minimum atomic E-state index is -0.475. The Morgan fingerprint density at radius 3 is 2.63 bits per heavy atom. The molecule has 0 spiro atoms. The number of nitrogens with zero attached hydrogens (tertiary/aromatic N) is 1. The molecule has 0 atom stereocenters. The molecule has 0 saturated carbocycles. The van der Waals surface area contributed by atoms with Gasteiger partial charge in [-0.2, -0.15) is 0 Å². The second-order valence-corrected chi connectivity index (χ2v) is 3.91. The normalized spacial score (nSPS) is 9.53. The summed E-state index contributed by atoms with van der Waals surface area (Å²) in [5.41, 5.74) is 5.75. The Kier molecular flexibility index (Phi) is 8.48. The molecule has 106 valence electrons. The first-order chi connectivity index (χ1) is 8.65. The van der Waals surface area contributed by atoms with Gasteiger partial charge in [0.25, 0.3) is 5.69 Å². The van der Waals surface area contributed by atoms with Gasteiger partial charge in [-0.1, -0.05) is 18.2 Å². The number of nitro benzene ring substituents is 1. The van der Waals surface area contributed by atoms with Crippen LogP contribution >= 0.6 is 12.4 Å². The Morgan fingerprint density at radius 2 is 2.00 bits per heavy atom. The summed E-state index contributed by atoms with van der Waals surface area (Å²) >= 11 is 0. The number of benzene rings is 1. The summed E-state index contributed by atoms with van der Waals surface area (Å²) < 4.78 is 0. The molecule has 1 amide bonds. The van der Waals surface area contributed by atoms with Crippen molar-refractivity contribution < 1.29 is 9.72 Å². The average Bonchev–Trinajstić information content (AvgIpc) is 2.35. The van der Waals surface area contributed by atoms with Gasteiger partial charge in [0.15, 0.2) is 0 Å². The highest BCUT2D eigenvalue weighted by molar-refractivity contribution is 5.85. The third-order valence-corrected chi connectivity index (χ3v) is 2.49. The number of rotatable bonds is 7. The number of nitrogens with two attached hydrogens (primary N) is 1. The van der Waals surface area contributed by atoms with Crippen molar-refractivity contribution in [3.8, 4) is 0 Å². The monoisotopic (exact) mass is 287 g/mol. The van der Waals surface area contributed by atoms with Crippen LogP contribution in [0.3, 0.4) is 0 Å². The molecule has 0 aliphatic rings. The van der Waals surface area contributed by atoms with Gasteiger partial charge in [0.1, 0.15) is 0 Å². The molecule has 0 aliphatic heterocycles. The quantitative estimate of drug-likeness (QED) is 0.450. The van der Waals surface area contributed by atoms with Gasteiger partial charge in [0.05, 0.1) is 11.3 Å². The third-order valence-electron chi connectivity index (χ3n) is 2.49. The Balaban J connectivity index is 0.00000324. The molecule has 0 aromatic heterocycles. The van der Waals surface area contributed by atoms with Crippen molar-refractivity contribution in [2.75, 3.05) is 13.1 Å². The number of halogens is 1. The molecule has 0 heterocycles. The average molecular weight is 288 g/mol. The fourth-order valence-electron chi connectivity index (χ4n) is 1.57. The van der Waals surface area contributed by atoms with E-state index in [2.05, 4.69) is 5.32 Å². The number of para-hydroxylation sites is 1. The highest BCUT2D eigenvalue weighted by Gasteiger charge is 2.14. The third kappa shape index (κ3) is 6.17. The van der Waals surface area contributed by atoms with E-state index in [1.165, 1.54) is 6.07 Å². The molecule has 1 aromatic carbocycles. The predicted octanol–water partition coefficient (Wildman–Crippen LogP) is 1.41. The van der Waals surface area contributed by atoms with Gasteiger partial charge in [-0.3, -0.25) is 14.9 Å². The summed E-state index contributed by atoms with van der Waals surface area (Å²) in [5.74, 6) is -0.207. The molecular formula is C12H18ClN3O3. The first-order valence-corrected chi connectivity index (χ1v) is 5.84. The molecule has 0 bridgehead atoms. The lowest BCUT2D eigenvalue weighted by atomic mass is 10.1. The summed E-state index contributed by atoms with van der Waals surface area (Å²) in [7, 11) is 0. The molecule has 3 N–H and O–H groups in total. The number of hydrogen-bond donors (Lipinski definition) is 2. The molecule has 6 nitrogen and oxygen atoms in total. The van der Waals surface area contributed by atoms with E-state index in [1.54, 1.807) is 18.2 Å². The Morgan fingerprint density at radius 1 is 1.32 bits per heavy atom. The number of hydrogen-bond acceptors (Lipinski definition) is 4. The van der Waals surface area contributed by atoms with Crippen LogP contribution in [0.1, 0.15) is 18.4 Å². The minimum Gasteiger partial charge on any atom is -0.356 e. The Hall–Kier alpha value is -1.66. The topological polar surface area (TPSA) is 98.3 Å². The van der Waals surface area contributed by atoms with Crippen molar-refractivity contribution in [2.45, 2.75) is 19.3 Å². The maximum atomic E-state index is 11.6. The van der Waals surface area contributed by atoms with E-state index in [-0.39, 0.29) is 30.4 Å². The molecule has 1 aromatic rings. The zero-order chi connectivity index (χ0) is 13.4. The van der Waals surface area contributed by atoms with Crippen LogP contribution in [0.15, 0.2) is 24.3 Å². The molecule has 0 unspecified atom stereocenters. The Labute approximate surface area is 117 Å². The lowest BCUT2D eigenvalue weighted by Crippen LogP contribution is -2.26. The fourth-order valence-corrected chi connectivity index (χ4v) is 1.57. The van der Waals surface area contributed by atoms with E-state index in [9.17, 15) is 14.9 Å². The molecule has 0 radical (unpaired) electrons. The van der Waals surface area contributed by atoms with Crippen molar-refractivity contribution in [2.24, 2.45) is 5.73 Å². The van der Waals surface area contributed by atoms with Gasteiger partial charge in [-0.25, -0.2) is 0 Å². The first-order valence-electron chi connectivity index (χ1n) is 5.84. The lowest BCUT2D eigenvalue weighted by molar-refractivity contribution is -0.385. The van der Waals surface area contributed by atoms with E-state index < -0.39 is 4.92 Å². The van der Waals surface area contributed by atoms with Gasteiger partial charge >= 0.3 is 0 Å². The van der Waals surface area contributed by atoms with E-state index in [1.807, 2.05) is 0 Å². The number of amides is 1. The standard InChI is InChI=1S/C12H17N3O3.ClH/c13-7-3-4-8-14-12(16)9-10-5-1-2-6-11(10)15(17)18;/h1-2,5-6H,3-4,7-9,13H2,(H,14,16);1H. The summed E-state index contributed by atoms with van der Waals surface area (Å²) in [5, 5.41) is 13.5. The number of carbonyl (C=O) groups is 1. The van der Waals surface area contributed by atoms with E-state index in [4.69, 9.17) is 5.73 Å². The van der Waals surface area contributed by atoms with Crippen LogP contribution in [0.5, 0.6) is 0 Å². The van der Waals surface area contributed by atoms with Crippen LogP contribution in [0.4, 0.5) is 5.69 Å². The maximum absolute atomic E-state index is 11.6. The molecule has 0 aliphatic carbocycles. The number of nitrogens with one attached hydrogen (secondary N) is 1. The predicted molar refractivity (Wildman–Crippen MR) is 75.3 cm³/mol. The zero-order valence-corrected chi connectivity index (χ0v) is 11.3. The highest BCUT2D eigenvalue weighted by atomic mass is 35.5. The van der Waals surface area contributed by atoms with Crippen molar-refractivity contribution in [1.29, 1.82) is 0 Å². The van der Waals surface area contributed by atoms with Gasteiger partial charge in [0, 0.05) is 18.2 Å². The van der Waals surface area contributed by atoms with Crippen LogP contribution in [-0.4, -0.2) is 23.9 Å². The molecule has 7 heteroatoms. The van der Waals surface area contributed by atoms with Crippen LogP contribution < -0.4 is 11.1 Å². The Bertz CT molecular complexity index is 426. The molecular weight excluding hydrogens is 270 g/mol. The summed E-state index contributed by atoms with van der Waals surface area (Å²) in [4.78, 5) is 21.9. The van der Waals surface area contributed by atoms with Crippen LogP contribution in [0, 0.1) is 10.1 Å². The summed E-state index contributed by atoms with van der Waals surface area (Å²) in [6.45, 7) is 1.15. The molecule has 1 rings (SSSR count). The van der Waals surface area contributed by atoms with Crippen LogP contribution in [-0.2, 0) is 11.2 Å². The highest BCUT2D eigenvalue weighted by Crippen LogP contribution is 2.17. The maximum Gasteiger partial charge on any atom is 0.273 e. The second kappa shape index (κ2) is 9.29. The van der Waals surface area contributed by atoms with Crippen molar-refractivity contribution >= 4 is 24.0 Å². The van der Waals surface area contributed by atoms with Crippen molar-refractivity contribution in [1.82, 2.24) is 5.32 Å². The second-order valence-electron chi connectivity index (χ2n) is 3.91. The van der Waals surface area contributed by atoms with Crippen LogP contribution in [0.2, 0.25) is 0 Å². The zero-order valence-electron chi connectivity index (χ0n) is 10.5. The first kappa shape index (κ1) is 17.3. The fraction of sp³-hybridized carbons (Fsp3) is 0.417.